The highest BCUT2D eigenvalue weighted by Crippen LogP contribution is 2.11. The number of aliphatic imine (C=N–C) groups is 2. The van der Waals surface area contributed by atoms with Gasteiger partial charge in [-0.25, -0.2) is 0 Å². The quantitative estimate of drug-likeness (QED) is 0.450. The van der Waals surface area contributed by atoms with Crippen LogP contribution in [0.2, 0.25) is 0 Å². The summed E-state index contributed by atoms with van der Waals surface area (Å²) in [4.78, 5) is 8.58. The predicted molar refractivity (Wildman–Crippen MR) is 85.3 cm³/mol. The summed E-state index contributed by atoms with van der Waals surface area (Å²) in [6.45, 7) is 7.91. The Morgan fingerprint density at radius 2 is 2.00 bits per heavy atom. The van der Waals surface area contributed by atoms with Crippen LogP contribution in [0.4, 0.5) is 0 Å². The van der Waals surface area contributed by atoms with Gasteiger partial charge in [0.1, 0.15) is 0 Å². The minimum atomic E-state index is 0.820. The smallest absolute Gasteiger partial charge is 0.0672 e. The summed E-state index contributed by atoms with van der Waals surface area (Å²) >= 11 is 0. The Kier molecular flexibility index (Phi) is 5.67. The van der Waals surface area contributed by atoms with Gasteiger partial charge in [0.05, 0.1) is 5.70 Å². The summed E-state index contributed by atoms with van der Waals surface area (Å²) in [7, 11) is 4.46. The van der Waals surface area contributed by atoms with Crippen LogP contribution in [0.5, 0.6) is 0 Å². The number of hydrogen-bond donors (Lipinski definition) is 0. The molecule has 2 nitrogen and oxygen atoms in total. The standard InChI is InChI=1S/C15H19N2P/c1-5-14(11(2)10-16-4)17-12(3)13-8-6-7-9-15(13)18/h5-10H,2,18H2,1,3-4H3/b14-5+,16-10?,17-12?. The van der Waals surface area contributed by atoms with Crippen LogP contribution in [0.25, 0.3) is 0 Å². The van der Waals surface area contributed by atoms with E-state index in [9.17, 15) is 0 Å². The molecule has 0 saturated carbocycles. The van der Waals surface area contributed by atoms with Crippen LogP contribution < -0.4 is 5.30 Å². The molecule has 0 fully saturated rings. The van der Waals surface area contributed by atoms with Gasteiger partial charge in [-0.3, -0.25) is 9.98 Å². The van der Waals surface area contributed by atoms with Crippen molar-refractivity contribution in [1.29, 1.82) is 0 Å². The molecule has 0 spiro atoms. The third-order valence-electron chi connectivity index (χ3n) is 2.53. The molecule has 1 atom stereocenters. The van der Waals surface area contributed by atoms with Gasteiger partial charge in [0.15, 0.2) is 0 Å². The highest BCUT2D eigenvalue weighted by molar-refractivity contribution is 7.27. The molecule has 0 aromatic heterocycles. The first-order valence-electron chi connectivity index (χ1n) is 5.78. The van der Waals surface area contributed by atoms with Crippen molar-refractivity contribution in [3.8, 4) is 0 Å². The lowest BCUT2D eigenvalue weighted by molar-refractivity contribution is 1.33. The molecular formula is C15H19N2P. The minimum Gasteiger partial charge on any atom is -0.296 e. The Morgan fingerprint density at radius 1 is 1.33 bits per heavy atom. The SMILES string of the molecule is C=C(C=NC)/C(=C\C)N=C(C)c1ccccc1P. The van der Waals surface area contributed by atoms with Crippen LogP contribution >= 0.6 is 9.24 Å². The molecule has 3 heteroatoms. The van der Waals surface area contributed by atoms with Gasteiger partial charge in [-0.1, -0.05) is 36.9 Å². The zero-order valence-corrected chi connectivity index (χ0v) is 12.3. The Hall–Kier alpha value is -1.53. The zero-order chi connectivity index (χ0) is 13.5. The third-order valence-corrected chi connectivity index (χ3v) is 3.03. The lowest BCUT2D eigenvalue weighted by atomic mass is 10.1. The molecule has 0 heterocycles. The summed E-state index contributed by atoms with van der Waals surface area (Å²) in [5.74, 6) is 0. The Labute approximate surface area is 111 Å². The first-order chi connectivity index (χ1) is 8.60. The van der Waals surface area contributed by atoms with Gasteiger partial charge < -0.3 is 0 Å². The van der Waals surface area contributed by atoms with Crippen molar-refractivity contribution in [3.63, 3.8) is 0 Å². The summed E-state index contributed by atoms with van der Waals surface area (Å²) in [5, 5.41) is 1.14. The van der Waals surface area contributed by atoms with E-state index in [2.05, 4.69) is 37.9 Å². The van der Waals surface area contributed by atoms with Gasteiger partial charge >= 0.3 is 0 Å². The van der Waals surface area contributed by atoms with Crippen molar-refractivity contribution in [2.24, 2.45) is 9.98 Å². The van der Waals surface area contributed by atoms with Gasteiger partial charge in [0.2, 0.25) is 0 Å². The maximum absolute atomic E-state index is 4.62. The monoisotopic (exact) mass is 258 g/mol. The van der Waals surface area contributed by atoms with E-state index < -0.39 is 0 Å². The van der Waals surface area contributed by atoms with E-state index in [1.165, 1.54) is 0 Å². The fourth-order valence-electron chi connectivity index (χ4n) is 1.61. The van der Waals surface area contributed by atoms with E-state index in [1.54, 1.807) is 13.3 Å². The molecule has 0 aliphatic rings. The summed E-state index contributed by atoms with van der Waals surface area (Å²) in [6, 6.07) is 8.14. The van der Waals surface area contributed by atoms with Crippen molar-refractivity contribution in [2.75, 3.05) is 7.05 Å². The molecule has 0 saturated heterocycles. The second-order valence-corrected chi connectivity index (χ2v) is 4.49. The number of allylic oxidation sites excluding steroid dienone is 2. The fourth-order valence-corrected chi connectivity index (χ4v) is 2.03. The minimum absolute atomic E-state index is 0.820. The van der Waals surface area contributed by atoms with Crippen molar-refractivity contribution in [2.45, 2.75) is 13.8 Å². The van der Waals surface area contributed by atoms with Crippen LogP contribution in [0.15, 0.2) is 58.2 Å². The molecule has 94 valence electrons. The van der Waals surface area contributed by atoms with Gasteiger partial charge in [0, 0.05) is 30.1 Å². The third kappa shape index (κ3) is 3.75. The second kappa shape index (κ2) is 7.03. The molecular weight excluding hydrogens is 239 g/mol. The highest BCUT2D eigenvalue weighted by atomic mass is 31.0. The van der Waals surface area contributed by atoms with Crippen molar-refractivity contribution >= 4 is 26.5 Å². The largest absolute Gasteiger partial charge is 0.296 e. The molecule has 0 aliphatic heterocycles. The van der Waals surface area contributed by atoms with Crippen LogP contribution in [0.1, 0.15) is 19.4 Å². The van der Waals surface area contributed by atoms with Crippen LogP contribution in [-0.4, -0.2) is 19.0 Å². The average molecular weight is 258 g/mol. The van der Waals surface area contributed by atoms with Crippen molar-refractivity contribution in [1.82, 2.24) is 0 Å². The van der Waals surface area contributed by atoms with E-state index >= 15 is 0 Å². The topological polar surface area (TPSA) is 24.7 Å². The Bertz CT molecular complexity index is 525. The number of hydrogen-bond acceptors (Lipinski definition) is 2. The molecule has 0 amide bonds. The van der Waals surface area contributed by atoms with E-state index in [-0.39, 0.29) is 0 Å². The second-order valence-electron chi connectivity index (χ2n) is 3.87. The molecule has 1 rings (SSSR count). The van der Waals surface area contributed by atoms with Crippen molar-refractivity contribution < 1.29 is 0 Å². The number of rotatable bonds is 4. The maximum Gasteiger partial charge on any atom is 0.0672 e. The first kappa shape index (κ1) is 14.5. The van der Waals surface area contributed by atoms with E-state index in [0.717, 1.165) is 27.8 Å². The number of nitrogens with zero attached hydrogens (tertiary/aromatic N) is 2. The summed E-state index contributed by atoms with van der Waals surface area (Å²) in [5.41, 5.74) is 3.77. The van der Waals surface area contributed by atoms with Gasteiger partial charge in [0.25, 0.3) is 0 Å². The average Bonchev–Trinajstić information content (AvgIpc) is 2.36. The molecule has 0 N–H and O–H groups in total. The molecule has 0 aliphatic carbocycles. The predicted octanol–water partition coefficient (Wildman–Crippen LogP) is 3.16. The van der Waals surface area contributed by atoms with Crippen LogP contribution in [0, 0.1) is 0 Å². The first-order valence-corrected chi connectivity index (χ1v) is 6.35. The van der Waals surface area contributed by atoms with Crippen LogP contribution in [-0.2, 0) is 0 Å². The Balaban J connectivity index is 3.09. The lowest BCUT2D eigenvalue weighted by Gasteiger charge is -2.07. The van der Waals surface area contributed by atoms with Gasteiger partial charge in [-0.15, -0.1) is 9.24 Å². The molecule has 18 heavy (non-hydrogen) atoms. The molecule has 1 unspecified atom stereocenters. The summed E-state index contributed by atoms with van der Waals surface area (Å²) < 4.78 is 0. The number of benzene rings is 1. The van der Waals surface area contributed by atoms with Gasteiger partial charge in [-0.05, 0) is 19.2 Å². The van der Waals surface area contributed by atoms with E-state index in [0.29, 0.717) is 0 Å². The van der Waals surface area contributed by atoms with E-state index in [4.69, 9.17) is 0 Å². The normalized spacial score (nSPS) is 13.1. The molecule has 1 aromatic carbocycles. The molecule has 1 aromatic rings. The van der Waals surface area contributed by atoms with E-state index in [1.807, 2.05) is 32.1 Å². The molecule has 0 radical (unpaired) electrons. The lowest BCUT2D eigenvalue weighted by Crippen LogP contribution is -2.07. The highest BCUT2D eigenvalue weighted by Gasteiger charge is 2.03. The van der Waals surface area contributed by atoms with Gasteiger partial charge in [-0.2, -0.15) is 0 Å². The van der Waals surface area contributed by atoms with Crippen molar-refractivity contribution in [3.05, 3.63) is 53.8 Å². The fraction of sp³-hybridized carbons (Fsp3) is 0.200. The van der Waals surface area contributed by atoms with Crippen LogP contribution in [0.3, 0.4) is 0 Å². The Morgan fingerprint density at radius 3 is 2.56 bits per heavy atom. The summed E-state index contributed by atoms with van der Waals surface area (Å²) in [6.07, 6.45) is 3.66. The zero-order valence-electron chi connectivity index (χ0n) is 11.1. The maximum atomic E-state index is 4.62. The molecule has 0 bridgehead atoms.